The van der Waals surface area contributed by atoms with Crippen LogP contribution in [0, 0.1) is 34.5 Å². The van der Waals surface area contributed by atoms with Crippen molar-refractivity contribution in [2.75, 3.05) is 7.11 Å². The molecule has 0 unspecified atom stereocenters. The Morgan fingerprint density at radius 2 is 1.59 bits per heavy atom. The van der Waals surface area contributed by atoms with E-state index in [0.717, 1.165) is 36.5 Å². The average Bonchev–Trinajstić information content (AvgIpc) is 2.84. The standard InChI is InChI=1S/C20H34O2/c1-19-10-8-14(21)12-13(19)4-5-15-16-6-7-18(22-3)20(16,2)11-9-17(15)19/h13-18,21H,4-12H2,1-3H3/t13-,14-,15+,16+,17+,18+,19+,20+/m1/s1. The van der Waals surface area contributed by atoms with E-state index in [9.17, 15) is 5.11 Å². The molecule has 126 valence electrons. The fourth-order valence-electron chi connectivity index (χ4n) is 7.57. The van der Waals surface area contributed by atoms with Crippen LogP contribution < -0.4 is 0 Å². The first-order valence-corrected chi connectivity index (χ1v) is 9.70. The summed E-state index contributed by atoms with van der Waals surface area (Å²) in [7, 11) is 1.92. The molecule has 22 heavy (non-hydrogen) atoms. The van der Waals surface area contributed by atoms with E-state index in [1.165, 1.54) is 44.9 Å². The third-order valence-electron chi connectivity index (χ3n) is 8.84. The van der Waals surface area contributed by atoms with Gasteiger partial charge in [0.05, 0.1) is 12.2 Å². The quantitative estimate of drug-likeness (QED) is 0.778. The minimum atomic E-state index is -0.0205. The number of aliphatic hydroxyl groups is 1. The lowest BCUT2D eigenvalue weighted by atomic mass is 9.45. The molecule has 0 spiro atoms. The molecule has 0 bridgehead atoms. The molecule has 0 radical (unpaired) electrons. The summed E-state index contributed by atoms with van der Waals surface area (Å²) in [6.45, 7) is 5.10. The number of fused-ring (bicyclic) bond motifs is 5. The predicted octanol–water partition coefficient (Wildman–Crippen LogP) is 4.41. The SMILES string of the molecule is CO[C@H]1CC[C@H]2[C@@H]3CC[C@@H]4C[C@H](O)CC[C@]4(C)[C@H]3CC[C@]12C. The highest BCUT2D eigenvalue weighted by Crippen LogP contribution is 2.66. The molecule has 0 aromatic rings. The zero-order valence-electron chi connectivity index (χ0n) is 14.7. The Hall–Kier alpha value is -0.0800. The van der Waals surface area contributed by atoms with Gasteiger partial charge in [-0.05, 0) is 92.3 Å². The van der Waals surface area contributed by atoms with E-state index in [0.29, 0.717) is 16.9 Å². The Kier molecular flexibility index (Phi) is 3.66. The van der Waals surface area contributed by atoms with Crippen molar-refractivity contribution in [3.8, 4) is 0 Å². The van der Waals surface area contributed by atoms with E-state index in [1.54, 1.807) is 0 Å². The second kappa shape index (κ2) is 5.21. The van der Waals surface area contributed by atoms with Crippen LogP contribution >= 0.6 is 0 Å². The van der Waals surface area contributed by atoms with Gasteiger partial charge in [0.15, 0.2) is 0 Å². The number of methoxy groups -OCH3 is 1. The summed E-state index contributed by atoms with van der Waals surface area (Å²) in [4.78, 5) is 0. The van der Waals surface area contributed by atoms with Crippen LogP contribution in [0.1, 0.15) is 71.6 Å². The molecular weight excluding hydrogens is 272 g/mol. The van der Waals surface area contributed by atoms with Crippen LogP contribution in [-0.2, 0) is 4.74 Å². The van der Waals surface area contributed by atoms with Crippen LogP contribution in [0.15, 0.2) is 0 Å². The van der Waals surface area contributed by atoms with Crippen molar-refractivity contribution in [3.63, 3.8) is 0 Å². The van der Waals surface area contributed by atoms with Gasteiger partial charge in [-0.15, -0.1) is 0 Å². The fourth-order valence-corrected chi connectivity index (χ4v) is 7.57. The molecule has 0 aromatic carbocycles. The highest BCUT2D eigenvalue weighted by atomic mass is 16.5. The van der Waals surface area contributed by atoms with E-state index in [2.05, 4.69) is 13.8 Å². The maximum atomic E-state index is 10.1. The number of ether oxygens (including phenoxy) is 1. The number of hydrogen-bond acceptors (Lipinski definition) is 2. The Morgan fingerprint density at radius 3 is 2.36 bits per heavy atom. The minimum absolute atomic E-state index is 0.0205. The zero-order chi connectivity index (χ0) is 15.5. The molecule has 4 aliphatic carbocycles. The molecule has 2 nitrogen and oxygen atoms in total. The van der Waals surface area contributed by atoms with E-state index < -0.39 is 0 Å². The first kappa shape index (κ1) is 15.4. The first-order valence-electron chi connectivity index (χ1n) is 9.70. The first-order chi connectivity index (χ1) is 10.5. The predicted molar refractivity (Wildman–Crippen MR) is 88.5 cm³/mol. The van der Waals surface area contributed by atoms with Crippen LogP contribution in [0.25, 0.3) is 0 Å². The van der Waals surface area contributed by atoms with E-state index >= 15 is 0 Å². The summed E-state index contributed by atoms with van der Waals surface area (Å²) < 4.78 is 5.88. The molecule has 4 saturated carbocycles. The lowest BCUT2D eigenvalue weighted by molar-refractivity contribution is -0.137. The van der Waals surface area contributed by atoms with Gasteiger partial charge in [-0.25, -0.2) is 0 Å². The van der Waals surface area contributed by atoms with E-state index in [1.807, 2.05) is 7.11 Å². The van der Waals surface area contributed by atoms with Crippen molar-refractivity contribution in [1.82, 2.24) is 0 Å². The Morgan fingerprint density at radius 1 is 0.864 bits per heavy atom. The molecule has 0 heterocycles. The summed E-state index contributed by atoms with van der Waals surface area (Å²) in [6, 6.07) is 0. The van der Waals surface area contributed by atoms with E-state index in [4.69, 9.17) is 4.74 Å². The maximum absolute atomic E-state index is 10.1. The maximum Gasteiger partial charge on any atom is 0.0627 e. The molecule has 2 heteroatoms. The van der Waals surface area contributed by atoms with Gasteiger partial charge in [0.1, 0.15) is 0 Å². The molecule has 0 aliphatic heterocycles. The van der Waals surface area contributed by atoms with Gasteiger partial charge in [-0.2, -0.15) is 0 Å². The molecule has 8 atom stereocenters. The summed E-state index contributed by atoms with van der Waals surface area (Å²) in [6.07, 6.45) is 12.1. The highest BCUT2D eigenvalue weighted by Gasteiger charge is 2.60. The van der Waals surface area contributed by atoms with Crippen LogP contribution in [0.3, 0.4) is 0 Å². The van der Waals surface area contributed by atoms with Gasteiger partial charge < -0.3 is 9.84 Å². The average molecular weight is 306 g/mol. The van der Waals surface area contributed by atoms with Gasteiger partial charge in [0, 0.05) is 7.11 Å². The molecular formula is C20H34O2. The third-order valence-corrected chi connectivity index (χ3v) is 8.84. The Labute approximate surface area is 136 Å². The zero-order valence-corrected chi connectivity index (χ0v) is 14.7. The molecule has 4 fully saturated rings. The fraction of sp³-hybridized carbons (Fsp3) is 1.00. The number of rotatable bonds is 1. The van der Waals surface area contributed by atoms with E-state index in [-0.39, 0.29) is 6.10 Å². The van der Waals surface area contributed by atoms with Crippen molar-refractivity contribution < 1.29 is 9.84 Å². The second-order valence-electron chi connectivity index (χ2n) is 9.43. The molecule has 4 rings (SSSR count). The van der Waals surface area contributed by atoms with Crippen molar-refractivity contribution >= 4 is 0 Å². The van der Waals surface area contributed by atoms with Crippen LogP contribution in [0.4, 0.5) is 0 Å². The van der Waals surface area contributed by atoms with Crippen LogP contribution in [-0.4, -0.2) is 24.4 Å². The molecule has 1 N–H and O–H groups in total. The molecule has 0 amide bonds. The summed E-state index contributed by atoms with van der Waals surface area (Å²) in [5, 5.41) is 10.1. The van der Waals surface area contributed by atoms with Gasteiger partial charge in [-0.3, -0.25) is 0 Å². The minimum Gasteiger partial charge on any atom is -0.393 e. The molecule has 0 saturated heterocycles. The topological polar surface area (TPSA) is 29.5 Å². The normalized spacial score (nSPS) is 57.8. The Bertz CT molecular complexity index is 435. The lowest BCUT2D eigenvalue weighted by Crippen LogP contribution is -2.54. The molecule has 0 aromatic heterocycles. The van der Waals surface area contributed by atoms with Crippen molar-refractivity contribution in [3.05, 3.63) is 0 Å². The number of aliphatic hydroxyl groups excluding tert-OH is 1. The van der Waals surface area contributed by atoms with Gasteiger partial charge in [-0.1, -0.05) is 13.8 Å². The molecule has 4 aliphatic rings. The number of hydrogen-bond donors (Lipinski definition) is 1. The van der Waals surface area contributed by atoms with Crippen molar-refractivity contribution in [2.45, 2.75) is 83.8 Å². The van der Waals surface area contributed by atoms with Crippen LogP contribution in [0.5, 0.6) is 0 Å². The van der Waals surface area contributed by atoms with Crippen LogP contribution in [0.2, 0.25) is 0 Å². The van der Waals surface area contributed by atoms with Gasteiger partial charge >= 0.3 is 0 Å². The summed E-state index contributed by atoms with van der Waals surface area (Å²) >= 11 is 0. The smallest absolute Gasteiger partial charge is 0.0627 e. The summed E-state index contributed by atoms with van der Waals surface area (Å²) in [5.41, 5.74) is 0.946. The lowest BCUT2D eigenvalue weighted by Gasteiger charge is -2.60. The van der Waals surface area contributed by atoms with Gasteiger partial charge in [0.25, 0.3) is 0 Å². The van der Waals surface area contributed by atoms with Crippen molar-refractivity contribution in [1.29, 1.82) is 0 Å². The largest absolute Gasteiger partial charge is 0.393 e. The Balaban J connectivity index is 1.61. The summed E-state index contributed by atoms with van der Waals surface area (Å²) in [5.74, 6) is 3.50. The highest BCUT2D eigenvalue weighted by molar-refractivity contribution is 5.09. The monoisotopic (exact) mass is 306 g/mol. The van der Waals surface area contributed by atoms with Gasteiger partial charge in [0.2, 0.25) is 0 Å². The van der Waals surface area contributed by atoms with Crippen molar-refractivity contribution in [2.24, 2.45) is 34.5 Å². The third kappa shape index (κ3) is 1.99. The second-order valence-corrected chi connectivity index (χ2v) is 9.43.